The zero-order chi connectivity index (χ0) is 14.4. The minimum Gasteiger partial charge on any atom is -0.497 e. The van der Waals surface area contributed by atoms with E-state index in [2.05, 4.69) is 10.1 Å². The van der Waals surface area contributed by atoms with Gasteiger partial charge in [0.2, 0.25) is 5.91 Å². The number of hydrogen-bond donors (Lipinski definition) is 1. The SMILES string of the molecule is COC(=O)C(C)NC(=O)Cc1ccc(OC)cc1C. The van der Waals surface area contributed by atoms with Crippen LogP contribution >= 0.6 is 0 Å². The fraction of sp³-hybridized carbons (Fsp3) is 0.429. The van der Waals surface area contributed by atoms with E-state index in [9.17, 15) is 9.59 Å². The Balaban J connectivity index is 2.64. The van der Waals surface area contributed by atoms with Crippen molar-refractivity contribution >= 4 is 11.9 Å². The highest BCUT2D eigenvalue weighted by Crippen LogP contribution is 2.17. The lowest BCUT2D eigenvalue weighted by Gasteiger charge is -2.12. The average molecular weight is 265 g/mol. The van der Waals surface area contributed by atoms with E-state index in [1.165, 1.54) is 7.11 Å². The smallest absolute Gasteiger partial charge is 0.328 e. The van der Waals surface area contributed by atoms with Gasteiger partial charge in [0.1, 0.15) is 11.8 Å². The second-order valence-corrected chi connectivity index (χ2v) is 4.28. The Morgan fingerprint density at radius 3 is 2.53 bits per heavy atom. The summed E-state index contributed by atoms with van der Waals surface area (Å²) in [5, 5.41) is 2.59. The molecule has 19 heavy (non-hydrogen) atoms. The first-order valence-electron chi connectivity index (χ1n) is 5.98. The molecule has 0 spiro atoms. The van der Waals surface area contributed by atoms with Crippen molar-refractivity contribution in [2.45, 2.75) is 26.3 Å². The van der Waals surface area contributed by atoms with Gasteiger partial charge >= 0.3 is 5.97 Å². The Hall–Kier alpha value is -2.04. The van der Waals surface area contributed by atoms with E-state index >= 15 is 0 Å². The molecule has 0 saturated carbocycles. The number of ether oxygens (including phenoxy) is 2. The number of carbonyl (C=O) groups is 2. The maximum atomic E-state index is 11.8. The number of aryl methyl sites for hydroxylation is 1. The van der Waals surface area contributed by atoms with E-state index in [1.54, 1.807) is 20.1 Å². The van der Waals surface area contributed by atoms with Gasteiger partial charge in [0.05, 0.1) is 20.6 Å². The number of esters is 1. The van der Waals surface area contributed by atoms with Gasteiger partial charge in [-0.1, -0.05) is 6.07 Å². The molecule has 0 bridgehead atoms. The summed E-state index contributed by atoms with van der Waals surface area (Å²) >= 11 is 0. The van der Waals surface area contributed by atoms with E-state index in [1.807, 2.05) is 19.1 Å². The van der Waals surface area contributed by atoms with E-state index in [0.29, 0.717) is 0 Å². The Morgan fingerprint density at radius 2 is 2.00 bits per heavy atom. The average Bonchev–Trinajstić information content (AvgIpc) is 2.39. The van der Waals surface area contributed by atoms with Crippen LogP contribution in [0.2, 0.25) is 0 Å². The molecule has 1 amide bonds. The van der Waals surface area contributed by atoms with E-state index in [-0.39, 0.29) is 12.3 Å². The molecule has 104 valence electrons. The van der Waals surface area contributed by atoms with Crippen LogP contribution in [-0.2, 0) is 20.7 Å². The third kappa shape index (κ3) is 4.28. The Morgan fingerprint density at radius 1 is 1.32 bits per heavy atom. The van der Waals surface area contributed by atoms with E-state index in [0.717, 1.165) is 16.9 Å². The van der Waals surface area contributed by atoms with Crippen LogP contribution in [0.3, 0.4) is 0 Å². The van der Waals surface area contributed by atoms with Gasteiger partial charge in [0.15, 0.2) is 0 Å². The molecule has 0 aliphatic heterocycles. The lowest BCUT2D eigenvalue weighted by Crippen LogP contribution is -2.39. The zero-order valence-electron chi connectivity index (χ0n) is 11.6. The number of rotatable bonds is 5. The van der Waals surface area contributed by atoms with Crippen molar-refractivity contribution in [1.29, 1.82) is 0 Å². The molecular formula is C14H19NO4. The summed E-state index contributed by atoms with van der Waals surface area (Å²) in [7, 11) is 2.89. The highest BCUT2D eigenvalue weighted by atomic mass is 16.5. The second-order valence-electron chi connectivity index (χ2n) is 4.28. The molecule has 0 radical (unpaired) electrons. The molecule has 1 aromatic carbocycles. The van der Waals surface area contributed by atoms with Crippen molar-refractivity contribution in [2.24, 2.45) is 0 Å². The standard InChI is InChI=1S/C14H19NO4/c1-9-7-12(18-3)6-5-11(9)8-13(16)15-10(2)14(17)19-4/h5-7,10H,8H2,1-4H3,(H,15,16). The van der Waals surface area contributed by atoms with Crippen LogP contribution in [0.25, 0.3) is 0 Å². The van der Waals surface area contributed by atoms with Crippen LogP contribution in [0.15, 0.2) is 18.2 Å². The first kappa shape index (κ1) is 15.0. The highest BCUT2D eigenvalue weighted by molar-refractivity contribution is 5.85. The maximum Gasteiger partial charge on any atom is 0.328 e. The summed E-state index contributed by atoms with van der Waals surface area (Å²) in [4.78, 5) is 23.0. The predicted molar refractivity (Wildman–Crippen MR) is 71.1 cm³/mol. The predicted octanol–water partition coefficient (Wildman–Crippen LogP) is 1.22. The molecule has 0 heterocycles. The van der Waals surface area contributed by atoms with Gasteiger partial charge < -0.3 is 14.8 Å². The molecular weight excluding hydrogens is 246 g/mol. The van der Waals surface area contributed by atoms with E-state index < -0.39 is 12.0 Å². The minimum atomic E-state index is -0.643. The van der Waals surface area contributed by atoms with Crippen LogP contribution in [0.5, 0.6) is 5.75 Å². The van der Waals surface area contributed by atoms with Crippen molar-refractivity contribution in [3.63, 3.8) is 0 Å². The normalized spacial score (nSPS) is 11.6. The van der Waals surface area contributed by atoms with Gasteiger partial charge in [-0.3, -0.25) is 4.79 Å². The third-order valence-electron chi connectivity index (χ3n) is 2.83. The second kappa shape index (κ2) is 6.78. The van der Waals surface area contributed by atoms with Crippen molar-refractivity contribution in [3.8, 4) is 5.75 Å². The summed E-state index contributed by atoms with van der Waals surface area (Å²) in [6, 6.07) is 4.87. The van der Waals surface area contributed by atoms with Gasteiger partial charge in [0.25, 0.3) is 0 Å². The van der Waals surface area contributed by atoms with Gasteiger partial charge in [-0.15, -0.1) is 0 Å². The van der Waals surface area contributed by atoms with Gasteiger partial charge in [-0.05, 0) is 37.1 Å². The number of benzene rings is 1. The van der Waals surface area contributed by atoms with Gasteiger partial charge in [0, 0.05) is 0 Å². The topological polar surface area (TPSA) is 64.6 Å². The number of carbonyl (C=O) groups excluding carboxylic acids is 2. The highest BCUT2D eigenvalue weighted by Gasteiger charge is 2.16. The number of methoxy groups -OCH3 is 2. The van der Waals surface area contributed by atoms with E-state index in [4.69, 9.17) is 4.74 Å². The van der Waals surface area contributed by atoms with Crippen molar-refractivity contribution in [2.75, 3.05) is 14.2 Å². The van der Waals surface area contributed by atoms with Gasteiger partial charge in [-0.25, -0.2) is 4.79 Å². The van der Waals surface area contributed by atoms with Crippen LogP contribution in [0.4, 0.5) is 0 Å². The zero-order valence-corrected chi connectivity index (χ0v) is 11.6. The van der Waals surface area contributed by atoms with Crippen molar-refractivity contribution < 1.29 is 19.1 Å². The first-order valence-corrected chi connectivity index (χ1v) is 5.98. The Kier molecular flexibility index (Phi) is 5.36. The van der Waals surface area contributed by atoms with Crippen LogP contribution in [-0.4, -0.2) is 32.1 Å². The molecule has 1 rings (SSSR count). The molecule has 0 saturated heterocycles. The summed E-state index contributed by atoms with van der Waals surface area (Å²) < 4.78 is 9.65. The van der Waals surface area contributed by atoms with Crippen molar-refractivity contribution in [1.82, 2.24) is 5.32 Å². The number of nitrogens with one attached hydrogen (secondary N) is 1. The molecule has 5 nitrogen and oxygen atoms in total. The summed E-state index contributed by atoms with van der Waals surface area (Å²) in [5.74, 6) is 0.0792. The molecule has 0 aliphatic carbocycles. The molecule has 0 aromatic heterocycles. The van der Waals surface area contributed by atoms with Gasteiger partial charge in [-0.2, -0.15) is 0 Å². The fourth-order valence-corrected chi connectivity index (χ4v) is 1.69. The molecule has 1 aromatic rings. The number of amides is 1. The Labute approximate surface area is 112 Å². The lowest BCUT2D eigenvalue weighted by molar-refractivity contribution is -0.144. The monoisotopic (exact) mass is 265 g/mol. The minimum absolute atomic E-state index is 0.217. The molecule has 1 unspecified atom stereocenters. The maximum absolute atomic E-state index is 11.8. The molecule has 0 fully saturated rings. The van der Waals surface area contributed by atoms with Crippen LogP contribution < -0.4 is 10.1 Å². The van der Waals surface area contributed by atoms with Crippen molar-refractivity contribution in [3.05, 3.63) is 29.3 Å². The molecule has 5 heteroatoms. The first-order chi connectivity index (χ1) is 8.97. The lowest BCUT2D eigenvalue weighted by atomic mass is 10.0. The quantitative estimate of drug-likeness (QED) is 0.813. The summed E-state index contributed by atoms with van der Waals surface area (Å²) in [6.07, 6.45) is 0.219. The fourth-order valence-electron chi connectivity index (χ4n) is 1.69. The number of hydrogen-bond acceptors (Lipinski definition) is 4. The van der Waals surface area contributed by atoms with Crippen LogP contribution in [0, 0.1) is 6.92 Å². The Bertz CT molecular complexity index is 471. The largest absolute Gasteiger partial charge is 0.497 e. The molecule has 1 N–H and O–H groups in total. The third-order valence-corrected chi connectivity index (χ3v) is 2.83. The molecule has 1 atom stereocenters. The van der Waals surface area contributed by atoms with Crippen LogP contribution in [0.1, 0.15) is 18.1 Å². The molecule has 0 aliphatic rings. The summed E-state index contributed by atoms with van der Waals surface area (Å²) in [6.45, 7) is 3.50. The summed E-state index contributed by atoms with van der Waals surface area (Å²) in [5.41, 5.74) is 1.87.